The van der Waals surface area contributed by atoms with E-state index in [0.29, 0.717) is 5.56 Å². The molecule has 0 radical (unpaired) electrons. The average molecular weight is 374 g/mol. The molecule has 2 aromatic rings. The number of hydrogen-bond acceptors (Lipinski definition) is 4. The van der Waals surface area contributed by atoms with E-state index in [1.165, 1.54) is 5.57 Å². The molecule has 2 heterocycles. The van der Waals surface area contributed by atoms with Crippen LogP contribution in [0.25, 0.3) is 11.3 Å². The van der Waals surface area contributed by atoms with E-state index < -0.39 is 0 Å². The number of nitriles is 1. The lowest BCUT2D eigenvalue weighted by Crippen LogP contribution is -2.30. The Morgan fingerprint density at radius 1 is 1.11 bits per heavy atom. The molecule has 5 nitrogen and oxygen atoms in total. The van der Waals surface area contributed by atoms with Crippen molar-refractivity contribution in [3.8, 4) is 17.3 Å². The number of aromatic nitrogens is 1. The standard InChI is InChI=1S/C23H27N5/c1-16(2)17(3)25-18(4)28-13-7-12-27(5)22-11-10-21(26-23(22)28)20-9-6-8-19(14-20)15-24/h6,8-11,14H,7,12-13H2,1-5H3. The van der Waals surface area contributed by atoms with E-state index >= 15 is 0 Å². The third-order valence-corrected chi connectivity index (χ3v) is 5.13. The van der Waals surface area contributed by atoms with E-state index in [2.05, 4.69) is 42.8 Å². The van der Waals surface area contributed by atoms with Gasteiger partial charge in [-0.25, -0.2) is 9.98 Å². The number of amidine groups is 1. The van der Waals surface area contributed by atoms with Crippen LogP contribution in [0.5, 0.6) is 0 Å². The summed E-state index contributed by atoms with van der Waals surface area (Å²) in [5.41, 5.74) is 5.80. The summed E-state index contributed by atoms with van der Waals surface area (Å²) in [4.78, 5) is 14.3. The predicted octanol–water partition coefficient (Wildman–Crippen LogP) is 5.00. The highest BCUT2D eigenvalue weighted by Gasteiger charge is 2.22. The van der Waals surface area contributed by atoms with Crippen LogP contribution >= 0.6 is 0 Å². The molecule has 1 aliphatic heterocycles. The number of nitrogens with zero attached hydrogens (tertiary/aromatic N) is 5. The smallest absolute Gasteiger partial charge is 0.158 e. The monoisotopic (exact) mass is 373 g/mol. The summed E-state index contributed by atoms with van der Waals surface area (Å²) in [5.74, 6) is 1.87. The van der Waals surface area contributed by atoms with Crippen molar-refractivity contribution in [3.63, 3.8) is 0 Å². The van der Waals surface area contributed by atoms with E-state index in [1.807, 2.05) is 44.2 Å². The third-order valence-electron chi connectivity index (χ3n) is 5.13. The van der Waals surface area contributed by atoms with Crippen molar-refractivity contribution >= 4 is 17.3 Å². The summed E-state index contributed by atoms with van der Waals surface area (Å²) >= 11 is 0. The van der Waals surface area contributed by atoms with Crippen LogP contribution in [0.4, 0.5) is 11.5 Å². The number of hydrogen-bond donors (Lipinski definition) is 0. The van der Waals surface area contributed by atoms with Crippen molar-refractivity contribution in [3.05, 3.63) is 53.2 Å². The molecule has 0 spiro atoms. The Kier molecular flexibility index (Phi) is 5.79. The van der Waals surface area contributed by atoms with E-state index in [9.17, 15) is 5.26 Å². The van der Waals surface area contributed by atoms with Gasteiger partial charge in [0.2, 0.25) is 0 Å². The molecular weight excluding hydrogens is 346 g/mol. The van der Waals surface area contributed by atoms with Gasteiger partial charge in [0.1, 0.15) is 5.84 Å². The third kappa shape index (κ3) is 4.07. The molecule has 1 aliphatic rings. The Balaban J connectivity index is 2.11. The fourth-order valence-electron chi connectivity index (χ4n) is 3.27. The lowest BCUT2D eigenvalue weighted by Gasteiger charge is -2.25. The predicted molar refractivity (Wildman–Crippen MR) is 117 cm³/mol. The highest BCUT2D eigenvalue weighted by atomic mass is 15.3. The first-order chi connectivity index (χ1) is 13.4. The van der Waals surface area contributed by atoms with E-state index in [0.717, 1.165) is 53.8 Å². The molecule has 28 heavy (non-hydrogen) atoms. The Morgan fingerprint density at radius 3 is 2.61 bits per heavy atom. The van der Waals surface area contributed by atoms with E-state index in [1.54, 1.807) is 0 Å². The Morgan fingerprint density at radius 2 is 1.89 bits per heavy atom. The first-order valence-electron chi connectivity index (χ1n) is 9.60. The summed E-state index contributed by atoms with van der Waals surface area (Å²) in [5, 5.41) is 9.21. The second kappa shape index (κ2) is 8.26. The molecule has 1 aromatic heterocycles. The van der Waals surface area contributed by atoms with Crippen LogP contribution in [0.3, 0.4) is 0 Å². The second-order valence-electron chi connectivity index (χ2n) is 7.40. The summed E-state index contributed by atoms with van der Waals surface area (Å²) < 4.78 is 0. The molecule has 0 atom stereocenters. The first kappa shape index (κ1) is 19.6. The zero-order valence-corrected chi connectivity index (χ0v) is 17.3. The van der Waals surface area contributed by atoms with Gasteiger partial charge in [-0.1, -0.05) is 17.7 Å². The maximum absolute atomic E-state index is 9.21. The highest BCUT2D eigenvalue weighted by Crippen LogP contribution is 2.33. The quantitative estimate of drug-likeness (QED) is 0.549. The second-order valence-corrected chi connectivity index (χ2v) is 7.40. The largest absolute Gasteiger partial charge is 0.372 e. The number of benzene rings is 1. The van der Waals surface area contributed by atoms with Crippen LogP contribution in [-0.4, -0.2) is 31.0 Å². The Bertz CT molecular complexity index is 977. The van der Waals surface area contributed by atoms with Gasteiger partial charge in [-0.15, -0.1) is 0 Å². The number of fused-ring (bicyclic) bond motifs is 1. The Hall–Kier alpha value is -3.13. The number of rotatable bonds is 2. The molecule has 0 aliphatic carbocycles. The lowest BCUT2D eigenvalue weighted by molar-refractivity contribution is 0.810. The zero-order valence-electron chi connectivity index (χ0n) is 17.3. The molecule has 0 saturated carbocycles. The molecular formula is C23H27N5. The first-order valence-corrected chi connectivity index (χ1v) is 9.60. The van der Waals surface area contributed by atoms with Crippen LogP contribution in [0.1, 0.15) is 39.7 Å². The maximum atomic E-state index is 9.21. The van der Waals surface area contributed by atoms with Crippen LogP contribution < -0.4 is 9.80 Å². The van der Waals surface area contributed by atoms with Gasteiger partial charge in [0, 0.05) is 31.4 Å². The molecule has 0 unspecified atom stereocenters. The van der Waals surface area contributed by atoms with Gasteiger partial charge in [-0.3, -0.25) is 0 Å². The number of pyridine rings is 1. The molecule has 0 N–H and O–H groups in total. The van der Waals surface area contributed by atoms with Crippen LogP contribution in [0.2, 0.25) is 0 Å². The van der Waals surface area contributed by atoms with Crippen molar-refractivity contribution in [2.45, 2.75) is 34.1 Å². The molecule has 3 rings (SSSR count). The zero-order chi connectivity index (χ0) is 20.3. The van der Waals surface area contributed by atoms with Gasteiger partial charge in [0.15, 0.2) is 5.82 Å². The normalized spacial score (nSPS) is 14.2. The van der Waals surface area contributed by atoms with E-state index in [-0.39, 0.29) is 0 Å². The van der Waals surface area contributed by atoms with Crippen molar-refractivity contribution in [2.75, 3.05) is 29.9 Å². The van der Waals surface area contributed by atoms with Crippen LogP contribution in [0, 0.1) is 11.3 Å². The number of allylic oxidation sites excluding steroid dienone is 2. The van der Waals surface area contributed by atoms with Gasteiger partial charge >= 0.3 is 0 Å². The van der Waals surface area contributed by atoms with Crippen LogP contribution in [0.15, 0.2) is 52.7 Å². The Labute approximate surface area is 167 Å². The molecule has 5 heteroatoms. The average Bonchev–Trinajstić information content (AvgIpc) is 2.86. The summed E-state index contributed by atoms with van der Waals surface area (Å²) in [7, 11) is 2.10. The SMILES string of the molecule is CC(=NC(C)=C(C)C)N1CCCN(C)c2ccc(-c3cccc(C#N)c3)nc21. The van der Waals surface area contributed by atoms with Gasteiger partial charge in [-0.05, 0) is 58.4 Å². The summed E-state index contributed by atoms with van der Waals surface area (Å²) in [6.07, 6.45) is 1.03. The van der Waals surface area contributed by atoms with Crippen molar-refractivity contribution in [2.24, 2.45) is 4.99 Å². The minimum absolute atomic E-state index is 0.639. The minimum atomic E-state index is 0.639. The van der Waals surface area contributed by atoms with Gasteiger partial charge in [0.05, 0.1) is 23.0 Å². The lowest BCUT2D eigenvalue weighted by atomic mass is 10.1. The summed E-state index contributed by atoms with van der Waals surface area (Å²) in [6.45, 7) is 10.1. The highest BCUT2D eigenvalue weighted by molar-refractivity contribution is 5.99. The van der Waals surface area contributed by atoms with Crippen LogP contribution in [-0.2, 0) is 0 Å². The molecule has 144 valence electrons. The molecule has 1 aromatic carbocycles. The van der Waals surface area contributed by atoms with Crippen molar-refractivity contribution < 1.29 is 0 Å². The fraction of sp³-hybridized carbons (Fsp3) is 0.348. The number of aliphatic imine (C=N–C) groups is 1. The minimum Gasteiger partial charge on any atom is -0.372 e. The van der Waals surface area contributed by atoms with Crippen molar-refractivity contribution in [1.29, 1.82) is 5.26 Å². The fourth-order valence-corrected chi connectivity index (χ4v) is 3.27. The van der Waals surface area contributed by atoms with Gasteiger partial charge in [0.25, 0.3) is 0 Å². The molecule has 0 fully saturated rings. The molecule has 0 saturated heterocycles. The molecule has 0 amide bonds. The van der Waals surface area contributed by atoms with Gasteiger partial charge < -0.3 is 9.80 Å². The number of anilines is 2. The molecule has 0 bridgehead atoms. The summed E-state index contributed by atoms with van der Waals surface area (Å²) in [6, 6.07) is 13.9. The van der Waals surface area contributed by atoms with Gasteiger partial charge in [-0.2, -0.15) is 5.26 Å². The van der Waals surface area contributed by atoms with E-state index in [4.69, 9.17) is 9.98 Å². The van der Waals surface area contributed by atoms with Crippen molar-refractivity contribution in [1.82, 2.24) is 4.98 Å². The maximum Gasteiger partial charge on any atom is 0.158 e. The topological polar surface area (TPSA) is 55.5 Å².